The third-order valence-corrected chi connectivity index (χ3v) is 8.72. The van der Waals surface area contributed by atoms with Crippen molar-refractivity contribution in [1.29, 1.82) is 0 Å². The minimum absolute atomic E-state index is 0.581. The van der Waals surface area contributed by atoms with Crippen LogP contribution in [-0.2, 0) is 0 Å². The largest absolute Gasteiger partial charge is 0.0988 e. The molecular weight excluding hydrogens is 187 g/mol. The van der Waals surface area contributed by atoms with E-state index >= 15 is 0 Å². The third-order valence-electron chi connectivity index (χ3n) is 3.43. The van der Waals surface area contributed by atoms with Crippen LogP contribution in [0.5, 0.6) is 0 Å². The smallest absolute Gasteiger partial charge is 0.0597 e. The Kier molecular flexibility index (Phi) is 7.19. The van der Waals surface area contributed by atoms with Crippen molar-refractivity contribution in [2.45, 2.75) is 33.6 Å². The maximum Gasteiger partial charge on any atom is 0.0597 e. The lowest BCUT2D eigenvalue weighted by Gasteiger charge is -2.23. The van der Waals surface area contributed by atoms with E-state index in [1.807, 2.05) is 6.08 Å². The molecule has 0 amide bonds. The van der Waals surface area contributed by atoms with Crippen LogP contribution in [0.15, 0.2) is 24.8 Å². The van der Waals surface area contributed by atoms with Crippen LogP contribution in [0.3, 0.4) is 0 Å². The molecule has 0 aromatic heterocycles. The Morgan fingerprint density at radius 1 is 1.14 bits per heavy atom. The molecule has 0 bridgehead atoms. The van der Waals surface area contributed by atoms with Gasteiger partial charge in [-0.25, -0.2) is 0 Å². The van der Waals surface area contributed by atoms with Gasteiger partial charge in [-0.05, 0) is 33.6 Å². The molecule has 0 saturated carbocycles. The van der Waals surface area contributed by atoms with Gasteiger partial charge in [-0.15, -0.1) is 0 Å². The van der Waals surface area contributed by atoms with E-state index < -0.39 is 7.26 Å². The fraction of sp³-hybridized carbons (Fsp3) is 0.692. The second-order valence-corrected chi connectivity index (χ2v) is 9.01. The van der Waals surface area contributed by atoms with Gasteiger partial charge in [-0.2, -0.15) is 0 Å². The molecule has 0 aliphatic rings. The Balaban J connectivity index is 3.94. The van der Waals surface area contributed by atoms with E-state index in [4.69, 9.17) is 0 Å². The highest BCUT2D eigenvalue weighted by Crippen LogP contribution is 2.58. The van der Waals surface area contributed by atoms with Crippen molar-refractivity contribution in [2.75, 3.05) is 24.6 Å². The zero-order chi connectivity index (χ0) is 11.0. The molecule has 0 aliphatic heterocycles. The van der Waals surface area contributed by atoms with E-state index in [-0.39, 0.29) is 0 Å². The summed E-state index contributed by atoms with van der Waals surface area (Å²) < 4.78 is 0. The average molecular weight is 213 g/mol. The minimum atomic E-state index is -0.581. The Morgan fingerprint density at radius 2 is 1.64 bits per heavy atom. The molecule has 0 radical (unpaired) electrons. The topological polar surface area (TPSA) is 0 Å². The molecule has 0 rings (SSSR count). The minimum Gasteiger partial charge on any atom is -0.0988 e. The Bertz CT molecular complexity index is 169. The molecule has 0 nitrogen and oxygen atoms in total. The summed E-state index contributed by atoms with van der Waals surface area (Å²) in [5.41, 5.74) is 1.20. The molecule has 1 heteroatoms. The molecule has 0 aromatic rings. The zero-order valence-electron chi connectivity index (χ0n) is 10.2. The summed E-state index contributed by atoms with van der Waals surface area (Å²) in [6, 6.07) is 0. The molecule has 0 N–H and O–H groups in total. The van der Waals surface area contributed by atoms with Crippen LogP contribution in [0.25, 0.3) is 0 Å². The first-order chi connectivity index (χ1) is 6.64. The van der Waals surface area contributed by atoms with Gasteiger partial charge < -0.3 is 0 Å². The van der Waals surface area contributed by atoms with Crippen molar-refractivity contribution >= 4 is 7.26 Å². The van der Waals surface area contributed by atoms with Crippen LogP contribution < -0.4 is 0 Å². The lowest BCUT2D eigenvalue weighted by molar-refractivity contribution is 0.925. The van der Waals surface area contributed by atoms with E-state index in [0.29, 0.717) is 0 Å². The molecule has 0 fully saturated rings. The van der Waals surface area contributed by atoms with Gasteiger partial charge in [0, 0.05) is 7.26 Å². The maximum absolute atomic E-state index is 3.96. The SMILES string of the molecule is C=CC(=C)CCC[P+](CC)(CC)CC. The maximum atomic E-state index is 3.96. The molecular formula is C13H26P+. The fourth-order valence-corrected chi connectivity index (χ4v) is 5.01. The summed E-state index contributed by atoms with van der Waals surface area (Å²) in [5.74, 6) is 0. The monoisotopic (exact) mass is 213 g/mol. The molecule has 0 saturated heterocycles. The highest BCUT2D eigenvalue weighted by atomic mass is 31.2. The van der Waals surface area contributed by atoms with Crippen LogP contribution >= 0.6 is 7.26 Å². The molecule has 82 valence electrons. The van der Waals surface area contributed by atoms with Crippen molar-refractivity contribution in [3.8, 4) is 0 Å². The summed E-state index contributed by atoms with van der Waals surface area (Å²) >= 11 is 0. The zero-order valence-corrected chi connectivity index (χ0v) is 11.1. The molecule has 0 aromatic carbocycles. The average Bonchev–Trinajstić information content (AvgIpc) is 2.25. The summed E-state index contributed by atoms with van der Waals surface area (Å²) in [5, 5.41) is 0. The first-order valence-corrected chi connectivity index (χ1v) is 8.32. The van der Waals surface area contributed by atoms with Crippen molar-refractivity contribution < 1.29 is 0 Å². The number of hydrogen-bond acceptors (Lipinski definition) is 0. The number of hydrogen-bond donors (Lipinski definition) is 0. The van der Waals surface area contributed by atoms with Crippen LogP contribution in [0, 0.1) is 0 Å². The predicted molar refractivity (Wildman–Crippen MR) is 72.0 cm³/mol. The van der Waals surface area contributed by atoms with E-state index in [1.54, 1.807) is 0 Å². The van der Waals surface area contributed by atoms with E-state index in [9.17, 15) is 0 Å². The van der Waals surface area contributed by atoms with E-state index in [1.165, 1.54) is 36.6 Å². The lowest BCUT2D eigenvalue weighted by Crippen LogP contribution is -2.07. The highest BCUT2D eigenvalue weighted by Gasteiger charge is 2.29. The predicted octanol–water partition coefficient (Wildman–Crippen LogP) is 4.59. The molecule has 0 atom stereocenters. The van der Waals surface area contributed by atoms with Crippen molar-refractivity contribution in [3.05, 3.63) is 24.8 Å². The third kappa shape index (κ3) is 4.42. The van der Waals surface area contributed by atoms with Crippen LogP contribution in [0.4, 0.5) is 0 Å². The molecule has 0 heterocycles. The van der Waals surface area contributed by atoms with Gasteiger partial charge in [0.1, 0.15) is 0 Å². The van der Waals surface area contributed by atoms with Crippen molar-refractivity contribution in [3.63, 3.8) is 0 Å². The normalized spacial score (nSPS) is 11.4. The van der Waals surface area contributed by atoms with Gasteiger partial charge in [0.25, 0.3) is 0 Å². The molecule has 14 heavy (non-hydrogen) atoms. The summed E-state index contributed by atoms with van der Waals surface area (Å²) in [7, 11) is -0.581. The van der Waals surface area contributed by atoms with Gasteiger partial charge >= 0.3 is 0 Å². The molecule has 0 spiro atoms. The fourth-order valence-electron chi connectivity index (χ4n) is 1.89. The second-order valence-electron chi connectivity index (χ2n) is 3.98. The van der Waals surface area contributed by atoms with Crippen LogP contribution in [0.1, 0.15) is 33.6 Å². The van der Waals surface area contributed by atoms with Gasteiger partial charge in [-0.1, -0.05) is 24.8 Å². The lowest BCUT2D eigenvalue weighted by atomic mass is 10.2. The van der Waals surface area contributed by atoms with Crippen LogP contribution in [0.2, 0.25) is 0 Å². The summed E-state index contributed by atoms with van der Waals surface area (Å²) in [6.45, 7) is 14.8. The van der Waals surface area contributed by atoms with Gasteiger partial charge in [0.2, 0.25) is 0 Å². The first-order valence-electron chi connectivity index (χ1n) is 5.79. The Labute approximate surface area is 90.8 Å². The Morgan fingerprint density at radius 3 is 2.00 bits per heavy atom. The molecule has 0 aliphatic carbocycles. The van der Waals surface area contributed by atoms with Crippen molar-refractivity contribution in [2.24, 2.45) is 0 Å². The quantitative estimate of drug-likeness (QED) is 0.409. The van der Waals surface area contributed by atoms with Gasteiger partial charge in [-0.3, -0.25) is 0 Å². The first kappa shape index (κ1) is 13.9. The molecule has 0 unspecified atom stereocenters. The summed E-state index contributed by atoms with van der Waals surface area (Å²) in [6.07, 6.45) is 10.1. The van der Waals surface area contributed by atoms with Crippen LogP contribution in [-0.4, -0.2) is 24.6 Å². The standard InChI is InChI=1S/C13H26P/c1-6-13(5)11-10-12-14(7-2,8-3)9-4/h6H,1,5,7-12H2,2-4H3/q+1. The second kappa shape index (κ2) is 7.23. The van der Waals surface area contributed by atoms with Gasteiger partial charge in [0.05, 0.1) is 24.6 Å². The highest BCUT2D eigenvalue weighted by molar-refractivity contribution is 7.75. The number of rotatable bonds is 8. The van der Waals surface area contributed by atoms with Gasteiger partial charge in [0.15, 0.2) is 0 Å². The Hall–Kier alpha value is -0.0900. The van der Waals surface area contributed by atoms with Crippen molar-refractivity contribution in [1.82, 2.24) is 0 Å². The number of allylic oxidation sites excluding steroid dienone is 2. The van der Waals surface area contributed by atoms with E-state index in [2.05, 4.69) is 33.9 Å². The summed E-state index contributed by atoms with van der Waals surface area (Å²) in [4.78, 5) is 0. The van der Waals surface area contributed by atoms with E-state index in [0.717, 1.165) is 6.42 Å².